The highest BCUT2D eigenvalue weighted by Gasteiger charge is 2.19. The zero-order chi connectivity index (χ0) is 19.7. The fourth-order valence-corrected chi connectivity index (χ4v) is 3.06. The zero-order valence-corrected chi connectivity index (χ0v) is 15.5. The summed E-state index contributed by atoms with van der Waals surface area (Å²) in [5.41, 5.74) is 6.77. The van der Waals surface area contributed by atoms with E-state index < -0.39 is 11.8 Å². The lowest BCUT2D eigenvalue weighted by Crippen LogP contribution is -2.41. The van der Waals surface area contributed by atoms with E-state index in [2.05, 4.69) is 16.0 Å². The smallest absolute Gasteiger partial charge is 0.305 e. The first-order valence-electron chi connectivity index (χ1n) is 8.44. The number of fused-ring (bicyclic) bond motifs is 1. The molecule has 140 valence electrons. The highest BCUT2D eigenvalue weighted by molar-refractivity contribution is 6.32. The van der Waals surface area contributed by atoms with E-state index in [0.29, 0.717) is 21.9 Å². The number of nitrogens with zero attached hydrogens (tertiary/aromatic N) is 2. The zero-order valence-electron chi connectivity index (χ0n) is 14.8. The van der Waals surface area contributed by atoms with Gasteiger partial charge in [0.1, 0.15) is 5.58 Å². The molecule has 28 heavy (non-hydrogen) atoms. The molecule has 8 heteroatoms. The maximum atomic E-state index is 12.4. The number of carbonyl (C=O) groups excluding carboxylic acids is 2. The molecule has 0 spiro atoms. The summed E-state index contributed by atoms with van der Waals surface area (Å²) in [4.78, 5) is 24.7. The topological polar surface area (TPSA) is 89.2 Å². The van der Waals surface area contributed by atoms with Crippen molar-refractivity contribution in [3.8, 4) is 5.69 Å². The minimum Gasteiger partial charge on any atom is -0.451 e. The molecule has 0 radical (unpaired) electrons. The third-order valence-electron chi connectivity index (χ3n) is 4.26. The molecule has 2 N–H and O–H groups in total. The summed E-state index contributed by atoms with van der Waals surface area (Å²) in [5, 5.41) is 5.54. The summed E-state index contributed by atoms with van der Waals surface area (Å²) in [6, 6.07) is 16.0. The Morgan fingerprint density at radius 1 is 1.00 bits per heavy atom. The minimum absolute atomic E-state index is 0.126. The predicted molar refractivity (Wildman–Crippen MR) is 104 cm³/mol. The Kier molecular flexibility index (Phi) is 4.58. The highest BCUT2D eigenvalue weighted by atomic mass is 35.5. The summed E-state index contributed by atoms with van der Waals surface area (Å²) in [5.74, 6) is -0.969. The largest absolute Gasteiger partial charge is 0.451 e. The number of halogens is 1. The molecule has 2 heterocycles. The quantitative estimate of drug-likeness (QED) is 0.519. The van der Waals surface area contributed by atoms with E-state index in [1.54, 1.807) is 37.4 Å². The monoisotopic (exact) mass is 394 g/mol. The van der Waals surface area contributed by atoms with E-state index in [1.807, 2.05) is 24.3 Å². The Morgan fingerprint density at radius 3 is 2.50 bits per heavy atom. The van der Waals surface area contributed by atoms with Gasteiger partial charge in [0.25, 0.3) is 5.91 Å². The van der Waals surface area contributed by atoms with Gasteiger partial charge in [-0.1, -0.05) is 41.9 Å². The minimum atomic E-state index is -0.562. The summed E-state index contributed by atoms with van der Waals surface area (Å²) < 4.78 is 7.06. The SMILES string of the molecule is Cc1c(C(=O)NNC(=O)c2ccn(-c3ccccc3Cl)n2)oc2ccccc12. The molecule has 0 fully saturated rings. The molecule has 4 aromatic rings. The second-order valence-electron chi connectivity index (χ2n) is 6.06. The Labute approximate surface area is 164 Å². The van der Waals surface area contributed by atoms with Gasteiger partial charge >= 0.3 is 5.91 Å². The van der Waals surface area contributed by atoms with Crippen molar-refractivity contribution in [3.63, 3.8) is 0 Å². The first-order chi connectivity index (χ1) is 13.5. The molecule has 7 nitrogen and oxygen atoms in total. The third kappa shape index (κ3) is 3.23. The second kappa shape index (κ2) is 7.21. The number of hydrogen-bond acceptors (Lipinski definition) is 4. The molecule has 0 unspecified atom stereocenters. The van der Waals surface area contributed by atoms with Gasteiger partial charge in [-0.15, -0.1) is 0 Å². The second-order valence-corrected chi connectivity index (χ2v) is 6.46. The number of hydrogen-bond donors (Lipinski definition) is 2. The van der Waals surface area contributed by atoms with Crippen molar-refractivity contribution >= 4 is 34.4 Å². The van der Waals surface area contributed by atoms with Crippen molar-refractivity contribution in [1.82, 2.24) is 20.6 Å². The number of furan rings is 1. The Morgan fingerprint density at radius 2 is 1.71 bits per heavy atom. The molecule has 0 saturated heterocycles. The number of rotatable bonds is 3. The van der Waals surface area contributed by atoms with Crippen LogP contribution < -0.4 is 10.9 Å². The van der Waals surface area contributed by atoms with E-state index in [0.717, 1.165) is 5.39 Å². The summed E-state index contributed by atoms with van der Waals surface area (Å²) in [6.45, 7) is 1.79. The Balaban J connectivity index is 1.46. The summed E-state index contributed by atoms with van der Waals surface area (Å²) >= 11 is 6.14. The Bertz CT molecular complexity index is 1200. The molecule has 2 aromatic heterocycles. The van der Waals surface area contributed by atoms with Crippen LogP contribution in [0.3, 0.4) is 0 Å². The fourth-order valence-electron chi connectivity index (χ4n) is 2.84. The molecule has 0 aliphatic carbocycles. The normalized spacial score (nSPS) is 10.8. The van der Waals surface area contributed by atoms with Gasteiger partial charge in [0.05, 0.1) is 10.7 Å². The van der Waals surface area contributed by atoms with Crippen molar-refractivity contribution in [3.05, 3.63) is 82.8 Å². The molecule has 2 amide bonds. The maximum absolute atomic E-state index is 12.4. The lowest BCUT2D eigenvalue weighted by Gasteiger charge is -2.05. The van der Waals surface area contributed by atoms with Gasteiger partial charge in [-0.25, -0.2) is 4.68 Å². The van der Waals surface area contributed by atoms with Gasteiger partial charge < -0.3 is 4.42 Å². The van der Waals surface area contributed by atoms with Crippen molar-refractivity contribution < 1.29 is 14.0 Å². The van der Waals surface area contributed by atoms with Crippen LogP contribution >= 0.6 is 11.6 Å². The van der Waals surface area contributed by atoms with Crippen LogP contribution in [0.1, 0.15) is 26.6 Å². The molecule has 0 bridgehead atoms. The molecule has 0 aliphatic heterocycles. The van der Waals surface area contributed by atoms with Crippen molar-refractivity contribution in [2.75, 3.05) is 0 Å². The van der Waals surface area contributed by atoms with Crippen LogP contribution in [0.5, 0.6) is 0 Å². The van der Waals surface area contributed by atoms with Crippen molar-refractivity contribution in [2.45, 2.75) is 6.92 Å². The van der Waals surface area contributed by atoms with Crippen LogP contribution in [0.25, 0.3) is 16.7 Å². The molecular weight excluding hydrogens is 380 g/mol. The first kappa shape index (κ1) is 17.8. The van der Waals surface area contributed by atoms with Gasteiger partial charge in [0.2, 0.25) is 0 Å². The standard InChI is InChI=1S/C20H15ClN4O3/c1-12-13-6-2-5-9-17(13)28-18(12)20(27)23-22-19(26)15-10-11-25(24-15)16-8-4-3-7-14(16)21/h2-11H,1H3,(H,22,26)(H,23,27). The van der Waals surface area contributed by atoms with Gasteiger partial charge in [0.15, 0.2) is 11.5 Å². The van der Waals surface area contributed by atoms with Gasteiger partial charge in [-0.3, -0.25) is 20.4 Å². The van der Waals surface area contributed by atoms with E-state index in [4.69, 9.17) is 16.0 Å². The molecule has 0 atom stereocenters. The number of benzene rings is 2. The van der Waals surface area contributed by atoms with Gasteiger partial charge in [-0.05, 0) is 31.2 Å². The third-order valence-corrected chi connectivity index (χ3v) is 4.58. The average molecular weight is 395 g/mol. The predicted octanol–water partition coefficient (Wildman–Crippen LogP) is 3.66. The van der Waals surface area contributed by atoms with Crippen LogP contribution in [0.2, 0.25) is 5.02 Å². The van der Waals surface area contributed by atoms with Gasteiger partial charge in [0, 0.05) is 17.1 Å². The average Bonchev–Trinajstić information content (AvgIpc) is 3.32. The van der Waals surface area contributed by atoms with E-state index in [9.17, 15) is 9.59 Å². The number of hydrazine groups is 1. The first-order valence-corrected chi connectivity index (χ1v) is 8.82. The number of aryl methyl sites for hydroxylation is 1. The van der Waals surface area contributed by atoms with Gasteiger partial charge in [-0.2, -0.15) is 5.10 Å². The lowest BCUT2D eigenvalue weighted by atomic mass is 10.1. The molecule has 2 aromatic carbocycles. The van der Waals surface area contributed by atoms with E-state index in [-0.39, 0.29) is 11.5 Å². The molecular formula is C20H15ClN4O3. The van der Waals surface area contributed by atoms with Crippen molar-refractivity contribution in [1.29, 1.82) is 0 Å². The van der Waals surface area contributed by atoms with E-state index >= 15 is 0 Å². The highest BCUT2D eigenvalue weighted by Crippen LogP contribution is 2.24. The summed E-state index contributed by atoms with van der Waals surface area (Å²) in [6.07, 6.45) is 1.61. The van der Waals surface area contributed by atoms with Crippen LogP contribution in [-0.2, 0) is 0 Å². The maximum Gasteiger partial charge on any atom is 0.305 e. The fraction of sp³-hybridized carbons (Fsp3) is 0.0500. The van der Waals surface area contributed by atoms with Crippen LogP contribution in [0.4, 0.5) is 0 Å². The summed E-state index contributed by atoms with van der Waals surface area (Å²) in [7, 11) is 0. The molecule has 4 rings (SSSR count). The van der Waals surface area contributed by atoms with Crippen LogP contribution in [0.15, 0.2) is 65.2 Å². The molecule has 0 saturated carbocycles. The number of aromatic nitrogens is 2. The number of para-hydroxylation sites is 2. The number of amides is 2. The number of nitrogens with one attached hydrogen (secondary N) is 2. The lowest BCUT2D eigenvalue weighted by molar-refractivity contribution is 0.0829. The Hall–Kier alpha value is -3.58. The number of carbonyl (C=O) groups is 2. The van der Waals surface area contributed by atoms with Crippen LogP contribution in [-0.4, -0.2) is 21.6 Å². The van der Waals surface area contributed by atoms with Crippen LogP contribution in [0, 0.1) is 6.92 Å². The van der Waals surface area contributed by atoms with E-state index in [1.165, 1.54) is 10.7 Å². The molecule has 0 aliphatic rings. The van der Waals surface area contributed by atoms with Crippen molar-refractivity contribution in [2.24, 2.45) is 0 Å².